The van der Waals surface area contributed by atoms with Crippen molar-refractivity contribution in [2.24, 2.45) is 0 Å². The van der Waals surface area contributed by atoms with Crippen LogP contribution in [0.2, 0.25) is 0 Å². The predicted molar refractivity (Wildman–Crippen MR) is 78.8 cm³/mol. The maximum absolute atomic E-state index is 10.5. The van der Waals surface area contributed by atoms with Crippen molar-refractivity contribution < 1.29 is 19.2 Å². The van der Waals surface area contributed by atoms with Crippen LogP contribution in [-0.4, -0.2) is 29.4 Å². The monoisotopic (exact) mass is 274 g/mol. The van der Waals surface area contributed by atoms with Crippen LogP contribution in [0.25, 0.3) is 6.08 Å². The fraction of sp³-hybridized carbons (Fsp3) is 0.400. The minimum absolute atomic E-state index is 0.384. The van der Waals surface area contributed by atoms with Crippen LogP contribution >= 0.6 is 0 Å². The molecule has 0 saturated carbocycles. The molecule has 20 heavy (non-hydrogen) atoms. The molecule has 2 rings (SSSR count). The smallest absolute Gasteiger partial charge is 0.478 e. The minimum atomic E-state index is -0.967. The molecule has 0 unspecified atom stereocenters. The van der Waals surface area contributed by atoms with Gasteiger partial charge in [-0.2, -0.15) is 0 Å². The molecular formula is C15H19BO4. The SMILES string of the molecule is CC1(C)OB(c2cccc(C=CC(=O)O)c2)OC1(C)C. The van der Waals surface area contributed by atoms with E-state index in [4.69, 9.17) is 14.4 Å². The Hall–Kier alpha value is -1.59. The Morgan fingerprint density at radius 2 is 1.80 bits per heavy atom. The Labute approximate surface area is 119 Å². The van der Waals surface area contributed by atoms with Crippen LogP contribution < -0.4 is 5.46 Å². The quantitative estimate of drug-likeness (QED) is 0.677. The number of hydrogen-bond donors (Lipinski definition) is 1. The Kier molecular flexibility index (Phi) is 3.76. The molecule has 1 heterocycles. The standard InChI is InChI=1S/C15H19BO4/c1-14(2)15(3,4)20-16(19-14)12-7-5-6-11(10-12)8-9-13(17)18/h5-10H,1-4H3,(H,17,18). The lowest BCUT2D eigenvalue weighted by Gasteiger charge is -2.32. The summed E-state index contributed by atoms with van der Waals surface area (Å²) in [7, 11) is -0.432. The first kappa shape index (κ1) is 14.8. The second kappa shape index (κ2) is 5.07. The van der Waals surface area contributed by atoms with Gasteiger partial charge < -0.3 is 14.4 Å². The summed E-state index contributed by atoms with van der Waals surface area (Å²) in [5, 5.41) is 8.66. The summed E-state index contributed by atoms with van der Waals surface area (Å²) in [5.74, 6) is -0.967. The molecule has 1 aliphatic heterocycles. The van der Waals surface area contributed by atoms with Gasteiger partial charge in [0.15, 0.2) is 0 Å². The van der Waals surface area contributed by atoms with Crippen molar-refractivity contribution in [1.29, 1.82) is 0 Å². The molecule has 0 spiro atoms. The molecule has 1 aromatic rings. The van der Waals surface area contributed by atoms with E-state index in [1.807, 2.05) is 52.0 Å². The van der Waals surface area contributed by atoms with Crippen molar-refractivity contribution in [3.63, 3.8) is 0 Å². The van der Waals surface area contributed by atoms with E-state index in [2.05, 4.69) is 0 Å². The van der Waals surface area contributed by atoms with Crippen LogP contribution in [0.15, 0.2) is 30.3 Å². The molecule has 0 aliphatic carbocycles. The first-order valence-corrected chi connectivity index (χ1v) is 6.58. The zero-order chi connectivity index (χ0) is 15.0. The largest absolute Gasteiger partial charge is 0.494 e. The van der Waals surface area contributed by atoms with Gasteiger partial charge in [0, 0.05) is 6.08 Å². The van der Waals surface area contributed by atoms with Crippen molar-refractivity contribution in [2.75, 3.05) is 0 Å². The molecular weight excluding hydrogens is 255 g/mol. The zero-order valence-corrected chi connectivity index (χ0v) is 12.2. The molecule has 0 aromatic heterocycles. The van der Waals surface area contributed by atoms with Crippen LogP contribution in [0.5, 0.6) is 0 Å². The number of carbonyl (C=O) groups is 1. The molecule has 1 aliphatic rings. The van der Waals surface area contributed by atoms with Gasteiger partial charge in [-0.05, 0) is 44.8 Å². The number of hydrogen-bond acceptors (Lipinski definition) is 3. The van der Waals surface area contributed by atoms with Gasteiger partial charge in [-0.25, -0.2) is 4.79 Å². The average molecular weight is 274 g/mol. The van der Waals surface area contributed by atoms with Gasteiger partial charge in [0.05, 0.1) is 11.2 Å². The van der Waals surface area contributed by atoms with Crippen LogP contribution in [0.1, 0.15) is 33.3 Å². The highest BCUT2D eigenvalue weighted by Gasteiger charge is 2.51. The van der Waals surface area contributed by atoms with Crippen molar-refractivity contribution in [1.82, 2.24) is 0 Å². The number of benzene rings is 1. The third kappa shape index (κ3) is 2.94. The van der Waals surface area contributed by atoms with Gasteiger partial charge in [-0.15, -0.1) is 0 Å². The van der Waals surface area contributed by atoms with Crippen molar-refractivity contribution in [2.45, 2.75) is 38.9 Å². The second-order valence-electron chi connectivity index (χ2n) is 5.93. The summed E-state index contributed by atoms with van der Waals surface area (Å²) in [6, 6.07) is 7.50. The fourth-order valence-electron chi connectivity index (χ4n) is 1.96. The number of carboxylic acids is 1. The molecule has 0 atom stereocenters. The van der Waals surface area contributed by atoms with Gasteiger partial charge in [0.25, 0.3) is 0 Å². The molecule has 0 bridgehead atoms. The van der Waals surface area contributed by atoms with E-state index in [0.29, 0.717) is 0 Å². The zero-order valence-electron chi connectivity index (χ0n) is 12.2. The van der Waals surface area contributed by atoms with Crippen LogP contribution in [-0.2, 0) is 14.1 Å². The maximum atomic E-state index is 10.5. The average Bonchev–Trinajstić information content (AvgIpc) is 2.56. The van der Waals surface area contributed by atoms with E-state index in [0.717, 1.165) is 17.1 Å². The molecule has 5 heteroatoms. The maximum Gasteiger partial charge on any atom is 0.494 e. The molecule has 1 aromatic carbocycles. The normalized spacial score (nSPS) is 20.5. The molecule has 1 fully saturated rings. The van der Waals surface area contributed by atoms with Crippen molar-refractivity contribution >= 4 is 24.6 Å². The van der Waals surface area contributed by atoms with E-state index in [1.54, 1.807) is 6.08 Å². The van der Waals surface area contributed by atoms with E-state index < -0.39 is 13.1 Å². The van der Waals surface area contributed by atoms with Crippen LogP contribution in [0.4, 0.5) is 0 Å². The summed E-state index contributed by atoms with van der Waals surface area (Å²) in [4.78, 5) is 10.5. The third-order valence-electron chi connectivity index (χ3n) is 3.85. The minimum Gasteiger partial charge on any atom is -0.478 e. The molecule has 0 radical (unpaired) electrons. The van der Waals surface area contributed by atoms with Gasteiger partial charge in [-0.1, -0.05) is 24.3 Å². The van der Waals surface area contributed by atoms with Gasteiger partial charge in [0.2, 0.25) is 0 Å². The second-order valence-corrected chi connectivity index (χ2v) is 5.93. The summed E-state index contributed by atoms with van der Waals surface area (Å²) in [6.07, 6.45) is 2.67. The number of carboxylic acid groups (broad SMARTS) is 1. The van der Waals surface area contributed by atoms with E-state index in [9.17, 15) is 4.79 Å². The van der Waals surface area contributed by atoms with E-state index in [-0.39, 0.29) is 11.2 Å². The Morgan fingerprint density at radius 3 is 2.35 bits per heavy atom. The highest BCUT2D eigenvalue weighted by molar-refractivity contribution is 6.62. The summed E-state index contributed by atoms with van der Waals surface area (Å²) in [5.41, 5.74) is 0.922. The summed E-state index contributed by atoms with van der Waals surface area (Å²) >= 11 is 0. The van der Waals surface area contributed by atoms with Gasteiger partial charge >= 0.3 is 13.1 Å². The highest BCUT2D eigenvalue weighted by atomic mass is 16.7. The van der Waals surface area contributed by atoms with Crippen LogP contribution in [0, 0.1) is 0 Å². The first-order chi connectivity index (χ1) is 9.21. The molecule has 1 N–H and O–H groups in total. The van der Waals surface area contributed by atoms with E-state index in [1.165, 1.54) is 0 Å². The Bertz CT molecular complexity index is 533. The molecule has 106 valence electrons. The number of aliphatic carboxylic acids is 1. The van der Waals surface area contributed by atoms with Crippen molar-refractivity contribution in [3.05, 3.63) is 35.9 Å². The summed E-state index contributed by atoms with van der Waals surface area (Å²) < 4.78 is 11.9. The van der Waals surface area contributed by atoms with Gasteiger partial charge in [-0.3, -0.25) is 0 Å². The Morgan fingerprint density at radius 1 is 1.20 bits per heavy atom. The number of rotatable bonds is 3. The summed E-state index contributed by atoms with van der Waals surface area (Å²) in [6.45, 7) is 8.00. The first-order valence-electron chi connectivity index (χ1n) is 6.58. The Balaban J connectivity index is 2.23. The van der Waals surface area contributed by atoms with E-state index >= 15 is 0 Å². The van der Waals surface area contributed by atoms with Crippen LogP contribution in [0.3, 0.4) is 0 Å². The molecule has 4 nitrogen and oxygen atoms in total. The topological polar surface area (TPSA) is 55.8 Å². The lowest BCUT2D eigenvalue weighted by molar-refractivity contribution is -0.131. The van der Waals surface area contributed by atoms with Crippen molar-refractivity contribution in [3.8, 4) is 0 Å². The highest BCUT2D eigenvalue weighted by Crippen LogP contribution is 2.36. The molecule has 0 amide bonds. The molecule has 1 saturated heterocycles. The third-order valence-corrected chi connectivity index (χ3v) is 3.85. The van der Waals surface area contributed by atoms with Gasteiger partial charge in [0.1, 0.15) is 0 Å². The lowest BCUT2D eigenvalue weighted by Crippen LogP contribution is -2.41. The predicted octanol–water partition coefficient (Wildman–Crippen LogP) is 2.08. The fourth-order valence-corrected chi connectivity index (χ4v) is 1.96. The lowest BCUT2D eigenvalue weighted by atomic mass is 9.78.